The van der Waals surface area contributed by atoms with Crippen LogP contribution in [0.3, 0.4) is 0 Å². The summed E-state index contributed by atoms with van der Waals surface area (Å²) in [7, 11) is 6.61. The number of nitrogens with zero attached hydrogens (tertiary/aromatic N) is 7. The Hall–Kier alpha value is -7.17. The summed E-state index contributed by atoms with van der Waals surface area (Å²) in [5.41, 5.74) is 15.5. The molecule has 4 heterocycles. The smallest absolute Gasteiger partial charge is 0.407 e. The largest absolute Gasteiger partial charge is 0.465 e. The first-order valence-electron chi connectivity index (χ1n) is 24.0. The molecule has 17 heteroatoms. The van der Waals surface area contributed by atoms with Crippen LogP contribution in [-0.4, -0.2) is 124 Å². The van der Waals surface area contributed by atoms with E-state index >= 15 is 0 Å². The summed E-state index contributed by atoms with van der Waals surface area (Å²) in [6.45, 7) is 7.60. The second-order valence-corrected chi connectivity index (χ2v) is 19.9. The van der Waals surface area contributed by atoms with Crippen molar-refractivity contribution >= 4 is 47.3 Å². The highest BCUT2D eigenvalue weighted by Crippen LogP contribution is 2.49. The number of hydrogen-bond donors (Lipinski definition) is 4. The minimum absolute atomic E-state index is 0.148. The van der Waals surface area contributed by atoms with Crippen LogP contribution in [0.4, 0.5) is 21.1 Å². The summed E-state index contributed by atoms with van der Waals surface area (Å²) < 4.78 is 0. The molecule has 70 heavy (non-hydrogen) atoms. The zero-order valence-corrected chi connectivity index (χ0v) is 41.4. The Morgan fingerprint density at radius 1 is 0.600 bits per heavy atom. The number of primary amides is 2. The second-order valence-electron chi connectivity index (χ2n) is 19.9. The predicted octanol–water partition coefficient (Wildman–Crippen LogP) is 6.77. The Labute approximate surface area is 410 Å². The Balaban J connectivity index is 1.25. The molecule has 0 spiro atoms. The van der Waals surface area contributed by atoms with E-state index < -0.39 is 59.0 Å². The summed E-state index contributed by atoms with van der Waals surface area (Å²) in [4.78, 5) is 93.8. The Kier molecular flexibility index (Phi) is 14.5. The van der Waals surface area contributed by atoms with Gasteiger partial charge in [-0.1, -0.05) is 88.4 Å². The molecule has 0 saturated carbocycles. The third kappa shape index (κ3) is 8.97. The van der Waals surface area contributed by atoms with E-state index in [1.165, 1.54) is 23.9 Å². The molecule has 372 valence electrons. The molecule has 3 aliphatic rings. The SMILES string of the molecule is CC(C)[C@@H](C(=O)N1CCC[C@@]1(C(N)=O)c1ccc([C@@H]2CC[C@@H](c3ccc([C@]4(C(N)=O)CCCN4C(=O)[C@H](C(C)C)N(C)C(=O)O)cc3)N2c2ccc(-c3ccc(N(C)C)nc3)cc2)cc1)N(C)C(=O)O. The van der Waals surface area contributed by atoms with Crippen LogP contribution < -0.4 is 21.3 Å². The van der Waals surface area contributed by atoms with E-state index in [1.807, 2.05) is 85.9 Å². The number of likely N-dealkylation sites (N-methyl/N-ethyl adjacent to an activating group) is 2. The van der Waals surface area contributed by atoms with Gasteiger partial charge in [-0.2, -0.15) is 0 Å². The molecular formula is C53H67N9O8. The molecule has 4 aromatic rings. The Morgan fingerprint density at radius 2 is 1.00 bits per heavy atom. The molecule has 0 radical (unpaired) electrons. The fraction of sp³-hybridized carbons (Fsp3) is 0.453. The number of pyridine rings is 1. The fourth-order valence-electron chi connectivity index (χ4n) is 11.4. The minimum atomic E-state index is -1.47. The van der Waals surface area contributed by atoms with Crippen LogP contribution in [0.25, 0.3) is 11.1 Å². The fourth-order valence-corrected chi connectivity index (χ4v) is 11.4. The standard InChI is InChI=1S/C53H67N9O8/c1-32(2)44(58(7)50(67)68)46(63)60-29-9-27-52(60,48(54)65)38-18-11-35(12-19-38)41-24-25-42(62(41)40-22-15-34(16-23-40)37-17-26-43(56-31-37)57(5)6)36-13-20-39(21-14-36)53(49(55)66)28-10-30-61(53)47(64)45(33(3)4)59(8)51(69)70/h11-23,26,31-33,41-42,44-45H,9-10,24-25,27-30H2,1-8H3,(H2,54,65)(H2,55,66)(H,67,68)(H,69,70)/t41-,42-,44-,45-,52-,53-/m0/s1. The number of anilines is 2. The van der Waals surface area contributed by atoms with E-state index in [2.05, 4.69) is 34.1 Å². The van der Waals surface area contributed by atoms with Gasteiger partial charge in [-0.05, 0) is 102 Å². The van der Waals surface area contributed by atoms with Crippen molar-refractivity contribution in [3.8, 4) is 11.1 Å². The lowest BCUT2D eigenvalue weighted by atomic mass is 9.84. The van der Waals surface area contributed by atoms with E-state index in [-0.39, 0.29) is 37.0 Å². The van der Waals surface area contributed by atoms with Gasteiger partial charge in [0.15, 0.2) is 0 Å². The molecule has 17 nitrogen and oxygen atoms in total. The van der Waals surface area contributed by atoms with E-state index in [1.54, 1.807) is 27.7 Å². The summed E-state index contributed by atoms with van der Waals surface area (Å²) in [5, 5.41) is 19.7. The summed E-state index contributed by atoms with van der Waals surface area (Å²) >= 11 is 0. The summed E-state index contributed by atoms with van der Waals surface area (Å²) in [6.07, 6.45) is 2.46. The quantitative estimate of drug-likeness (QED) is 0.0972. The van der Waals surface area contributed by atoms with Crippen LogP contribution in [-0.2, 0) is 30.3 Å². The van der Waals surface area contributed by atoms with Crippen molar-refractivity contribution in [2.45, 2.75) is 101 Å². The van der Waals surface area contributed by atoms with Gasteiger partial charge in [0.1, 0.15) is 29.0 Å². The molecule has 3 saturated heterocycles. The molecule has 3 aromatic carbocycles. The van der Waals surface area contributed by atoms with Gasteiger partial charge in [-0.25, -0.2) is 14.6 Å². The maximum atomic E-state index is 14.3. The van der Waals surface area contributed by atoms with E-state index in [9.17, 15) is 39.0 Å². The number of rotatable bonds is 15. The number of carbonyl (C=O) groups excluding carboxylic acids is 4. The molecule has 0 unspecified atom stereocenters. The normalized spacial score (nSPS) is 22.0. The average Bonchev–Trinajstić information content (AvgIpc) is 4.10. The first-order chi connectivity index (χ1) is 33.2. The van der Waals surface area contributed by atoms with Crippen molar-refractivity contribution < 1.29 is 39.0 Å². The molecule has 0 aliphatic carbocycles. The Morgan fingerprint density at radius 3 is 1.33 bits per heavy atom. The van der Waals surface area contributed by atoms with Crippen LogP contribution in [0.1, 0.15) is 101 Å². The number of nitrogens with two attached hydrogens (primary N) is 2. The average molecular weight is 958 g/mol. The maximum Gasteiger partial charge on any atom is 0.407 e. The number of aromatic nitrogens is 1. The molecule has 6 N–H and O–H groups in total. The molecule has 3 fully saturated rings. The van der Waals surface area contributed by atoms with Gasteiger partial charge in [-0.3, -0.25) is 29.0 Å². The first kappa shape index (κ1) is 50.7. The zero-order chi connectivity index (χ0) is 51.0. The molecule has 7 rings (SSSR count). The van der Waals surface area contributed by atoms with Crippen molar-refractivity contribution in [1.82, 2.24) is 24.6 Å². The van der Waals surface area contributed by atoms with Crippen molar-refractivity contribution in [1.29, 1.82) is 0 Å². The zero-order valence-electron chi connectivity index (χ0n) is 41.4. The van der Waals surface area contributed by atoms with Gasteiger partial charge >= 0.3 is 12.2 Å². The number of carbonyl (C=O) groups is 6. The highest BCUT2D eigenvalue weighted by Gasteiger charge is 2.54. The topological polar surface area (TPSA) is 227 Å². The third-order valence-corrected chi connectivity index (χ3v) is 15.0. The monoisotopic (exact) mass is 958 g/mol. The van der Waals surface area contributed by atoms with Crippen molar-refractivity contribution in [2.24, 2.45) is 23.3 Å². The number of benzene rings is 3. The van der Waals surface area contributed by atoms with Crippen LogP contribution in [0.15, 0.2) is 91.1 Å². The van der Waals surface area contributed by atoms with Crippen molar-refractivity contribution in [3.63, 3.8) is 0 Å². The van der Waals surface area contributed by atoms with Gasteiger partial charge in [0.2, 0.25) is 23.6 Å². The van der Waals surface area contributed by atoms with E-state index in [0.717, 1.165) is 56.4 Å². The van der Waals surface area contributed by atoms with E-state index in [0.29, 0.717) is 36.8 Å². The Bertz CT molecular complexity index is 2460. The third-order valence-electron chi connectivity index (χ3n) is 15.0. The minimum Gasteiger partial charge on any atom is -0.465 e. The number of hydrogen-bond acceptors (Lipinski definition) is 9. The molecule has 1 aromatic heterocycles. The van der Waals surface area contributed by atoms with Crippen molar-refractivity contribution in [3.05, 3.63) is 113 Å². The molecule has 3 aliphatic heterocycles. The van der Waals surface area contributed by atoms with Crippen LogP contribution in [0.2, 0.25) is 0 Å². The molecular weight excluding hydrogens is 891 g/mol. The lowest BCUT2D eigenvalue weighted by Crippen LogP contribution is -2.59. The van der Waals surface area contributed by atoms with Gasteiger partial charge in [0, 0.05) is 58.7 Å². The molecule has 6 amide bonds. The lowest BCUT2D eigenvalue weighted by Gasteiger charge is -2.41. The highest BCUT2D eigenvalue weighted by molar-refractivity contribution is 5.96. The van der Waals surface area contributed by atoms with E-state index in [4.69, 9.17) is 11.5 Å². The molecule has 0 bridgehead atoms. The molecule has 6 atom stereocenters. The highest BCUT2D eigenvalue weighted by atomic mass is 16.4. The van der Waals surface area contributed by atoms with Crippen LogP contribution in [0.5, 0.6) is 0 Å². The second kappa shape index (κ2) is 20.0. The van der Waals surface area contributed by atoms with Gasteiger partial charge in [0.25, 0.3) is 0 Å². The number of carboxylic acid groups (broad SMARTS) is 2. The number of likely N-dealkylation sites (tertiary alicyclic amines) is 2. The van der Waals surface area contributed by atoms with Gasteiger partial charge in [0.05, 0.1) is 12.1 Å². The predicted molar refractivity (Wildman–Crippen MR) is 267 cm³/mol. The van der Waals surface area contributed by atoms with Crippen LogP contribution in [0, 0.1) is 11.8 Å². The van der Waals surface area contributed by atoms with Gasteiger partial charge in [-0.15, -0.1) is 0 Å². The summed E-state index contributed by atoms with van der Waals surface area (Å²) in [5.74, 6) is -2.18. The number of amides is 6. The first-order valence-corrected chi connectivity index (χ1v) is 24.0. The maximum absolute atomic E-state index is 14.3. The van der Waals surface area contributed by atoms with Crippen LogP contribution >= 0.6 is 0 Å². The lowest BCUT2D eigenvalue weighted by molar-refractivity contribution is -0.148. The summed E-state index contributed by atoms with van der Waals surface area (Å²) in [6, 6.07) is 25.4. The van der Waals surface area contributed by atoms with Gasteiger partial charge < -0.3 is 41.3 Å². The van der Waals surface area contributed by atoms with Crippen molar-refractivity contribution in [2.75, 3.05) is 51.1 Å².